The van der Waals surface area contributed by atoms with Crippen molar-refractivity contribution in [1.82, 2.24) is 14.9 Å². The molecular formula is C11H18N6. The number of nitrogens with two attached hydrogens (primary N) is 1. The van der Waals surface area contributed by atoms with Crippen molar-refractivity contribution in [3.63, 3.8) is 0 Å². The third kappa shape index (κ3) is 2.05. The predicted molar refractivity (Wildman–Crippen MR) is 66.5 cm³/mol. The molecule has 2 unspecified atom stereocenters. The smallest absolute Gasteiger partial charge is 0.145 e. The monoisotopic (exact) mass is 234 g/mol. The van der Waals surface area contributed by atoms with Crippen molar-refractivity contribution in [2.75, 3.05) is 23.8 Å². The van der Waals surface area contributed by atoms with E-state index in [9.17, 15) is 0 Å². The summed E-state index contributed by atoms with van der Waals surface area (Å²) < 4.78 is 0. The van der Waals surface area contributed by atoms with Crippen molar-refractivity contribution >= 4 is 11.6 Å². The Balaban J connectivity index is 1.70. The van der Waals surface area contributed by atoms with Crippen molar-refractivity contribution in [2.24, 2.45) is 5.84 Å². The standard InChI is InChI=1S/C11H18N6/c12-16-11-6-10(13-7-14-11)15-8-3-5-17-4-1-2-9(8)17/h6-9H,1-5,12H2,(H2,13,14,15,16). The van der Waals surface area contributed by atoms with Crippen LogP contribution in [0.15, 0.2) is 12.4 Å². The number of hydrogen-bond donors (Lipinski definition) is 3. The van der Waals surface area contributed by atoms with E-state index in [1.165, 1.54) is 38.7 Å². The Morgan fingerprint density at radius 3 is 3.00 bits per heavy atom. The number of nitrogens with one attached hydrogen (secondary N) is 2. The van der Waals surface area contributed by atoms with Gasteiger partial charge in [-0.2, -0.15) is 0 Å². The van der Waals surface area contributed by atoms with E-state index >= 15 is 0 Å². The Bertz CT molecular complexity index is 395. The van der Waals surface area contributed by atoms with E-state index in [4.69, 9.17) is 5.84 Å². The zero-order valence-electron chi connectivity index (χ0n) is 9.76. The zero-order chi connectivity index (χ0) is 11.7. The van der Waals surface area contributed by atoms with Gasteiger partial charge >= 0.3 is 0 Å². The van der Waals surface area contributed by atoms with E-state index in [1.807, 2.05) is 6.07 Å². The number of hydrazine groups is 1. The van der Waals surface area contributed by atoms with Crippen molar-refractivity contribution in [3.05, 3.63) is 12.4 Å². The fourth-order valence-electron chi connectivity index (χ4n) is 2.96. The molecule has 1 aromatic rings. The Hall–Kier alpha value is -1.40. The van der Waals surface area contributed by atoms with E-state index in [-0.39, 0.29) is 0 Å². The molecule has 2 saturated heterocycles. The fraction of sp³-hybridized carbons (Fsp3) is 0.636. The largest absolute Gasteiger partial charge is 0.366 e. The summed E-state index contributed by atoms with van der Waals surface area (Å²) in [6.07, 6.45) is 5.34. The van der Waals surface area contributed by atoms with Crippen LogP contribution in [0.1, 0.15) is 19.3 Å². The van der Waals surface area contributed by atoms with Gasteiger partial charge < -0.3 is 10.7 Å². The van der Waals surface area contributed by atoms with Gasteiger partial charge in [-0.3, -0.25) is 4.90 Å². The SMILES string of the molecule is NNc1cc(NC2CCN3CCCC23)ncn1. The van der Waals surface area contributed by atoms with Crippen molar-refractivity contribution in [2.45, 2.75) is 31.3 Å². The lowest BCUT2D eigenvalue weighted by Gasteiger charge is -2.21. The minimum Gasteiger partial charge on any atom is -0.366 e. The molecule has 6 heteroatoms. The summed E-state index contributed by atoms with van der Waals surface area (Å²) in [5, 5.41) is 3.50. The topological polar surface area (TPSA) is 79.1 Å². The van der Waals surface area contributed by atoms with Gasteiger partial charge in [-0.1, -0.05) is 0 Å². The average Bonchev–Trinajstić information content (AvgIpc) is 2.94. The molecule has 2 aliphatic rings. The summed E-state index contributed by atoms with van der Waals surface area (Å²) >= 11 is 0. The van der Waals surface area contributed by atoms with E-state index in [0.29, 0.717) is 17.9 Å². The molecule has 1 aromatic heterocycles. The molecule has 0 bridgehead atoms. The van der Waals surface area contributed by atoms with Gasteiger partial charge in [0.25, 0.3) is 0 Å². The van der Waals surface area contributed by atoms with Gasteiger partial charge in [-0.05, 0) is 25.8 Å². The first-order valence-corrected chi connectivity index (χ1v) is 6.16. The Morgan fingerprint density at radius 2 is 2.12 bits per heavy atom. The Kier molecular flexibility index (Phi) is 2.82. The van der Waals surface area contributed by atoms with E-state index in [2.05, 4.69) is 25.6 Å². The second-order valence-corrected chi connectivity index (χ2v) is 4.72. The first-order valence-electron chi connectivity index (χ1n) is 6.16. The lowest BCUT2D eigenvalue weighted by molar-refractivity contribution is 0.318. The molecule has 3 rings (SSSR count). The maximum atomic E-state index is 5.34. The first-order chi connectivity index (χ1) is 8.36. The Labute approximate surface area is 101 Å². The molecule has 0 radical (unpaired) electrons. The van der Waals surface area contributed by atoms with E-state index < -0.39 is 0 Å². The van der Waals surface area contributed by atoms with Crippen LogP contribution in [-0.2, 0) is 0 Å². The molecule has 92 valence electrons. The number of anilines is 2. The predicted octanol–water partition coefficient (Wildman–Crippen LogP) is 0.411. The number of rotatable bonds is 3. The van der Waals surface area contributed by atoms with Crippen molar-refractivity contribution < 1.29 is 0 Å². The van der Waals surface area contributed by atoms with Gasteiger partial charge in [0.15, 0.2) is 0 Å². The van der Waals surface area contributed by atoms with Gasteiger partial charge in [-0.25, -0.2) is 15.8 Å². The highest BCUT2D eigenvalue weighted by atomic mass is 15.3. The molecule has 4 N–H and O–H groups in total. The second kappa shape index (κ2) is 4.46. The van der Waals surface area contributed by atoms with Gasteiger partial charge in [-0.15, -0.1) is 0 Å². The van der Waals surface area contributed by atoms with Crippen LogP contribution >= 0.6 is 0 Å². The van der Waals surface area contributed by atoms with E-state index in [0.717, 1.165) is 5.82 Å². The molecule has 2 aliphatic heterocycles. The normalized spacial score (nSPS) is 28.1. The summed E-state index contributed by atoms with van der Waals surface area (Å²) in [7, 11) is 0. The minimum absolute atomic E-state index is 0.512. The molecule has 6 nitrogen and oxygen atoms in total. The quantitative estimate of drug-likeness (QED) is 0.519. The number of nitrogens with zero attached hydrogens (tertiary/aromatic N) is 3. The van der Waals surface area contributed by atoms with Crippen LogP contribution in [0.5, 0.6) is 0 Å². The highest BCUT2D eigenvalue weighted by Crippen LogP contribution is 2.29. The van der Waals surface area contributed by atoms with Crippen LogP contribution in [0.25, 0.3) is 0 Å². The summed E-state index contributed by atoms with van der Waals surface area (Å²) in [5.74, 6) is 6.83. The summed E-state index contributed by atoms with van der Waals surface area (Å²) in [5.41, 5.74) is 2.54. The second-order valence-electron chi connectivity index (χ2n) is 4.72. The van der Waals surface area contributed by atoms with Gasteiger partial charge in [0.2, 0.25) is 0 Å². The molecule has 0 aromatic carbocycles. The minimum atomic E-state index is 0.512. The molecule has 2 atom stereocenters. The highest BCUT2D eigenvalue weighted by Gasteiger charge is 2.37. The number of nitrogen functional groups attached to an aromatic ring is 1. The Morgan fingerprint density at radius 1 is 1.24 bits per heavy atom. The average molecular weight is 234 g/mol. The molecule has 0 saturated carbocycles. The van der Waals surface area contributed by atoms with Crippen LogP contribution in [0, 0.1) is 0 Å². The highest BCUT2D eigenvalue weighted by molar-refractivity contribution is 5.46. The van der Waals surface area contributed by atoms with Crippen molar-refractivity contribution in [3.8, 4) is 0 Å². The van der Waals surface area contributed by atoms with Crippen LogP contribution in [0.4, 0.5) is 11.6 Å². The lowest BCUT2D eigenvalue weighted by atomic mass is 10.1. The summed E-state index contributed by atoms with van der Waals surface area (Å²) in [6, 6.07) is 3.04. The fourth-order valence-corrected chi connectivity index (χ4v) is 2.96. The zero-order valence-corrected chi connectivity index (χ0v) is 9.76. The van der Waals surface area contributed by atoms with Crippen LogP contribution in [0.2, 0.25) is 0 Å². The van der Waals surface area contributed by atoms with Crippen LogP contribution < -0.4 is 16.6 Å². The molecule has 0 amide bonds. The molecule has 0 spiro atoms. The molecule has 0 aliphatic carbocycles. The summed E-state index contributed by atoms with van der Waals surface area (Å²) in [4.78, 5) is 10.8. The molecule has 17 heavy (non-hydrogen) atoms. The lowest BCUT2D eigenvalue weighted by Crippen LogP contribution is -2.34. The van der Waals surface area contributed by atoms with Gasteiger partial charge in [0.05, 0.1) is 0 Å². The van der Waals surface area contributed by atoms with Crippen LogP contribution in [-0.4, -0.2) is 40.0 Å². The van der Waals surface area contributed by atoms with E-state index in [1.54, 1.807) is 0 Å². The molecule has 3 heterocycles. The van der Waals surface area contributed by atoms with Gasteiger partial charge in [0.1, 0.15) is 18.0 Å². The molecule has 2 fully saturated rings. The third-order valence-electron chi connectivity index (χ3n) is 3.75. The number of fused-ring (bicyclic) bond motifs is 1. The number of aromatic nitrogens is 2. The van der Waals surface area contributed by atoms with Gasteiger partial charge in [0, 0.05) is 24.7 Å². The number of hydrogen-bond acceptors (Lipinski definition) is 6. The first kappa shape index (κ1) is 10.7. The third-order valence-corrected chi connectivity index (χ3v) is 3.75. The summed E-state index contributed by atoms with van der Waals surface area (Å²) in [6.45, 7) is 2.46. The molecular weight excluding hydrogens is 216 g/mol. The maximum absolute atomic E-state index is 5.34. The maximum Gasteiger partial charge on any atom is 0.145 e. The van der Waals surface area contributed by atoms with Crippen LogP contribution in [0.3, 0.4) is 0 Å². The van der Waals surface area contributed by atoms with Crippen molar-refractivity contribution in [1.29, 1.82) is 0 Å².